The van der Waals surface area contributed by atoms with Crippen molar-refractivity contribution in [1.82, 2.24) is 5.32 Å². The average molecular weight is 261 g/mol. The number of rotatable bonds is 5. The van der Waals surface area contributed by atoms with Crippen molar-refractivity contribution < 1.29 is 14.3 Å². The highest BCUT2D eigenvalue weighted by atomic mass is 16.5. The Morgan fingerprint density at radius 2 is 2.16 bits per heavy atom. The first-order chi connectivity index (χ1) is 9.06. The largest absolute Gasteiger partial charge is 0.496 e. The highest BCUT2D eigenvalue weighted by Crippen LogP contribution is 2.23. The van der Waals surface area contributed by atoms with Crippen LogP contribution in [0.5, 0.6) is 5.75 Å². The highest BCUT2D eigenvalue weighted by Gasteiger charge is 2.10. The van der Waals surface area contributed by atoms with Gasteiger partial charge in [0.25, 0.3) is 0 Å². The third kappa shape index (κ3) is 4.68. The van der Waals surface area contributed by atoms with Gasteiger partial charge in [-0.15, -0.1) is 0 Å². The second kappa shape index (κ2) is 7.01. The molecule has 0 saturated heterocycles. The van der Waals surface area contributed by atoms with Crippen LogP contribution in [-0.4, -0.2) is 25.5 Å². The van der Waals surface area contributed by atoms with Gasteiger partial charge >= 0.3 is 0 Å². The number of nitrogens with one attached hydrogen (secondary N) is 2. The molecule has 1 aromatic rings. The van der Waals surface area contributed by atoms with Crippen LogP contribution in [0.4, 0.5) is 5.69 Å². The highest BCUT2D eigenvalue weighted by molar-refractivity contribution is 5.89. The Morgan fingerprint density at radius 1 is 1.42 bits per heavy atom. The first-order valence-corrected chi connectivity index (χ1v) is 5.65. The molecule has 6 nitrogen and oxygen atoms in total. The lowest BCUT2D eigenvalue weighted by Crippen LogP contribution is -2.25. The Hall–Kier alpha value is -2.55. The molecule has 0 unspecified atom stereocenters. The van der Waals surface area contributed by atoms with Crippen LogP contribution in [0.3, 0.4) is 0 Å². The second-order valence-corrected chi connectivity index (χ2v) is 3.82. The molecule has 0 aliphatic heterocycles. The molecule has 6 heteroatoms. The number of amides is 2. The molecular formula is C13H15N3O3. The van der Waals surface area contributed by atoms with Crippen molar-refractivity contribution in [3.63, 3.8) is 0 Å². The zero-order valence-corrected chi connectivity index (χ0v) is 10.8. The van der Waals surface area contributed by atoms with E-state index in [4.69, 9.17) is 10.00 Å². The molecule has 0 aliphatic carbocycles. The number of benzene rings is 1. The molecule has 100 valence electrons. The summed E-state index contributed by atoms with van der Waals surface area (Å²) in [5.41, 5.74) is 1.24. The quantitative estimate of drug-likeness (QED) is 0.768. The van der Waals surface area contributed by atoms with E-state index in [0.717, 1.165) is 0 Å². The molecular weight excluding hydrogens is 246 g/mol. The summed E-state index contributed by atoms with van der Waals surface area (Å²) in [6.07, 6.45) is 0.0816. The molecule has 0 bridgehead atoms. The minimum absolute atomic E-state index is 0.0352. The van der Waals surface area contributed by atoms with Crippen molar-refractivity contribution in [2.75, 3.05) is 19.0 Å². The van der Waals surface area contributed by atoms with E-state index in [1.807, 2.05) is 6.07 Å². The van der Waals surface area contributed by atoms with E-state index in [1.165, 1.54) is 14.0 Å². The minimum Gasteiger partial charge on any atom is -0.496 e. The standard InChI is InChI=1S/C13H15N3O3/c1-9(17)16-11-3-4-12(19-2)10(7-11)8-13(18)15-6-5-14/h3-4,7H,6,8H2,1-2H3,(H,15,18)(H,16,17). The van der Waals surface area contributed by atoms with Gasteiger partial charge in [0, 0.05) is 18.2 Å². The third-order valence-electron chi connectivity index (χ3n) is 2.32. The number of hydrogen-bond donors (Lipinski definition) is 2. The van der Waals surface area contributed by atoms with Gasteiger partial charge in [-0.2, -0.15) is 5.26 Å². The van der Waals surface area contributed by atoms with Crippen LogP contribution < -0.4 is 15.4 Å². The fraction of sp³-hybridized carbons (Fsp3) is 0.308. The molecule has 1 rings (SSSR count). The Balaban J connectivity index is 2.87. The van der Waals surface area contributed by atoms with Gasteiger partial charge in [-0.1, -0.05) is 0 Å². The molecule has 1 aromatic carbocycles. The monoisotopic (exact) mass is 261 g/mol. The molecule has 0 saturated carbocycles. The van der Waals surface area contributed by atoms with Gasteiger partial charge in [0.2, 0.25) is 11.8 Å². The van der Waals surface area contributed by atoms with Crippen molar-refractivity contribution in [3.8, 4) is 11.8 Å². The number of hydrogen-bond acceptors (Lipinski definition) is 4. The number of nitriles is 1. The van der Waals surface area contributed by atoms with E-state index >= 15 is 0 Å². The maximum absolute atomic E-state index is 11.6. The van der Waals surface area contributed by atoms with Crippen LogP contribution >= 0.6 is 0 Å². The molecule has 2 amide bonds. The Morgan fingerprint density at radius 3 is 2.74 bits per heavy atom. The van der Waals surface area contributed by atoms with E-state index < -0.39 is 0 Å². The molecule has 0 atom stereocenters. The van der Waals surface area contributed by atoms with Gasteiger partial charge in [-0.05, 0) is 18.2 Å². The van der Waals surface area contributed by atoms with Gasteiger partial charge < -0.3 is 15.4 Å². The molecule has 0 aliphatic rings. The predicted molar refractivity (Wildman–Crippen MR) is 69.6 cm³/mol. The van der Waals surface area contributed by atoms with Crippen molar-refractivity contribution in [1.29, 1.82) is 5.26 Å². The van der Waals surface area contributed by atoms with Gasteiger partial charge in [0.1, 0.15) is 12.3 Å². The zero-order chi connectivity index (χ0) is 14.3. The van der Waals surface area contributed by atoms with Gasteiger partial charge in [-0.3, -0.25) is 9.59 Å². The lowest BCUT2D eigenvalue weighted by atomic mass is 10.1. The SMILES string of the molecule is COc1ccc(NC(C)=O)cc1CC(=O)NCC#N. The third-order valence-corrected chi connectivity index (χ3v) is 2.32. The molecule has 0 heterocycles. The fourth-order valence-corrected chi connectivity index (χ4v) is 1.57. The van der Waals surface area contributed by atoms with Crippen LogP contribution in [0.25, 0.3) is 0 Å². The second-order valence-electron chi connectivity index (χ2n) is 3.82. The van der Waals surface area contributed by atoms with Crippen molar-refractivity contribution in [2.24, 2.45) is 0 Å². The Bertz CT molecular complexity index is 520. The van der Waals surface area contributed by atoms with Gasteiger partial charge in [-0.25, -0.2) is 0 Å². The summed E-state index contributed by atoms with van der Waals surface area (Å²) in [7, 11) is 1.50. The summed E-state index contributed by atoms with van der Waals surface area (Å²) in [6.45, 7) is 1.37. The van der Waals surface area contributed by atoms with Gasteiger partial charge in [0.05, 0.1) is 19.6 Å². The topological polar surface area (TPSA) is 91.2 Å². The van der Waals surface area contributed by atoms with Crippen molar-refractivity contribution in [3.05, 3.63) is 23.8 Å². The Kier molecular flexibility index (Phi) is 5.35. The minimum atomic E-state index is -0.278. The van der Waals surface area contributed by atoms with Crippen LogP contribution in [0.1, 0.15) is 12.5 Å². The lowest BCUT2D eigenvalue weighted by Gasteiger charge is -2.10. The molecule has 0 aromatic heterocycles. The normalized spacial score (nSPS) is 9.32. The summed E-state index contributed by atoms with van der Waals surface area (Å²) in [5.74, 6) is 0.0890. The maximum atomic E-state index is 11.6. The van der Waals surface area contributed by atoms with E-state index in [0.29, 0.717) is 17.0 Å². The number of ether oxygens (including phenoxy) is 1. The smallest absolute Gasteiger partial charge is 0.225 e. The lowest BCUT2D eigenvalue weighted by molar-refractivity contribution is -0.120. The summed E-state index contributed by atoms with van der Waals surface area (Å²) in [6, 6.07) is 6.87. The number of nitrogens with zero attached hydrogens (tertiary/aromatic N) is 1. The summed E-state index contributed by atoms with van der Waals surface area (Å²) in [4.78, 5) is 22.6. The molecule has 0 fully saturated rings. The summed E-state index contributed by atoms with van der Waals surface area (Å²) in [5, 5.41) is 13.5. The van der Waals surface area contributed by atoms with Gasteiger partial charge in [0.15, 0.2) is 0 Å². The average Bonchev–Trinajstić information content (AvgIpc) is 2.36. The van der Waals surface area contributed by atoms with Crippen LogP contribution in [-0.2, 0) is 16.0 Å². The van der Waals surface area contributed by atoms with E-state index in [2.05, 4.69) is 10.6 Å². The molecule has 2 N–H and O–H groups in total. The van der Waals surface area contributed by atoms with E-state index in [9.17, 15) is 9.59 Å². The molecule has 0 spiro atoms. The van der Waals surface area contributed by atoms with Crippen LogP contribution in [0, 0.1) is 11.3 Å². The zero-order valence-electron chi connectivity index (χ0n) is 10.8. The maximum Gasteiger partial charge on any atom is 0.225 e. The van der Waals surface area contributed by atoms with Crippen molar-refractivity contribution in [2.45, 2.75) is 13.3 Å². The first-order valence-electron chi connectivity index (χ1n) is 5.65. The fourth-order valence-electron chi connectivity index (χ4n) is 1.57. The van der Waals surface area contributed by atoms with Crippen LogP contribution in [0.2, 0.25) is 0 Å². The van der Waals surface area contributed by atoms with E-state index in [1.54, 1.807) is 18.2 Å². The number of carbonyl (C=O) groups is 2. The Labute approximate surface area is 111 Å². The summed E-state index contributed by atoms with van der Waals surface area (Å²) >= 11 is 0. The summed E-state index contributed by atoms with van der Waals surface area (Å²) < 4.78 is 5.15. The molecule has 0 radical (unpaired) electrons. The predicted octanol–water partition coefficient (Wildman–Crippen LogP) is 0.836. The first kappa shape index (κ1) is 14.5. The van der Waals surface area contributed by atoms with Crippen LogP contribution in [0.15, 0.2) is 18.2 Å². The number of methoxy groups -OCH3 is 1. The number of carbonyl (C=O) groups excluding carboxylic acids is 2. The number of anilines is 1. The molecule has 19 heavy (non-hydrogen) atoms. The van der Waals surface area contributed by atoms with E-state index in [-0.39, 0.29) is 24.8 Å². The van der Waals surface area contributed by atoms with Crippen molar-refractivity contribution >= 4 is 17.5 Å².